The summed E-state index contributed by atoms with van der Waals surface area (Å²) in [4.78, 5) is 16.1. The zero-order valence-electron chi connectivity index (χ0n) is 13.2. The lowest BCUT2D eigenvalue weighted by molar-refractivity contribution is 0.0593. The molecular formula is C19H22N2OS. The predicted octanol–water partition coefficient (Wildman–Crippen LogP) is 3.63. The van der Waals surface area contributed by atoms with Crippen molar-refractivity contribution in [1.29, 1.82) is 0 Å². The molecule has 1 amide bonds. The molecule has 0 aliphatic carbocycles. The highest BCUT2D eigenvalue weighted by molar-refractivity contribution is 7.13. The van der Waals surface area contributed by atoms with Crippen molar-refractivity contribution in [1.82, 2.24) is 10.2 Å². The molecule has 0 spiro atoms. The summed E-state index contributed by atoms with van der Waals surface area (Å²) in [6, 6.07) is 12.9. The van der Waals surface area contributed by atoms with Gasteiger partial charge in [-0.05, 0) is 60.9 Å². The topological polar surface area (TPSA) is 32.3 Å². The number of nitrogens with one attached hydrogen (secondary N) is 1. The van der Waals surface area contributed by atoms with E-state index in [9.17, 15) is 4.79 Å². The van der Waals surface area contributed by atoms with Crippen LogP contribution in [0.2, 0.25) is 0 Å². The number of nitrogens with zero attached hydrogens (tertiary/aromatic N) is 1. The number of hydrogen-bond acceptors (Lipinski definition) is 3. The summed E-state index contributed by atoms with van der Waals surface area (Å²) in [5.41, 5.74) is 2.00. The lowest BCUT2D eigenvalue weighted by Gasteiger charge is -2.41. The van der Waals surface area contributed by atoms with Crippen molar-refractivity contribution in [2.24, 2.45) is 5.92 Å². The van der Waals surface area contributed by atoms with Gasteiger partial charge in [-0.25, -0.2) is 0 Å². The zero-order chi connectivity index (χ0) is 15.6. The first kappa shape index (κ1) is 14.9. The van der Waals surface area contributed by atoms with E-state index < -0.39 is 0 Å². The van der Waals surface area contributed by atoms with Gasteiger partial charge in [0.15, 0.2) is 0 Å². The van der Waals surface area contributed by atoms with E-state index in [4.69, 9.17) is 0 Å². The molecule has 1 aromatic heterocycles. The maximum absolute atomic E-state index is 12.8. The van der Waals surface area contributed by atoms with Crippen LogP contribution in [0.3, 0.4) is 0 Å². The van der Waals surface area contributed by atoms with Gasteiger partial charge in [0.05, 0.1) is 0 Å². The van der Waals surface area contributed by atoms with E-state index in [0.717, 1.165) is 31.6 Å². The van der Waals surface area contributed by atoms with Gasteiger partial charge in [-0.1, -0.05) is 18.2 Å². The van der Waals surface area contributed by atoms with Gasteiger partial charge in [0.2, 0.25) is 0 Å². The summed E-state index contributed by atoms with van der Waals surface area (Å²) in [5.74, 6) is 0.818. The first-order valence-corrected chi connectivity index (χ1v) is 9.36. The van der Waals surface area contributed by atoms with Gasteiger partial charge in [-0.3, -0.25) is 4.79 Å². The highest BCUT2D eigenvalue weighted by atomic mass is 32.1. The van der Waals surface area contributed by atoms with Crippen LogP contribution < -0.4 is 5.32 Å². The Morgan fingerprint density at radius 2 is 2.04 bits per heavy atom. The van der Waals surface area contributed by atoms with Crippen molar-refractivity contribution < 1.29 is 4.79 Å². The Bertz CT molecular complexity index is 665. The van der Waals surface area contributed by atoms with Crippen molar-refractivity contribution in [2.45, 2.75) is 25.3 Å². The second-order valence-electron chi connectivity index (χ2n) is 6.56. The van der Waals surface area contributed by atoms with Crippen molar-refractivity contribution in [3.63, 3.8) is 0 Å². The fraction of sp³-hybridized carbons (Fsp3) is 0.421. The molecule has 0 bridgehead atoms. The van der Waals surface area contributed by atoms with Crippen molar-refractivity contribution in [2.75, 3.05) is 19.6 Å². The Morgan fingerprint density at radius 3 is 2.83 bits per heavy atom. The maximum Gasteiger partial charge on any atom is 0.253 e. The van der Waals surface area contributed by atoms with E-state index in [1.54, 1.807) is 11.3 Å². The lowest BCUT2D eigenvalue weighted by Crippen LogP contribution is -2.53. The largest absolute Gasteiger partial charge is 0.338 e. The van der Waals surface area contributed by atoms with Crippen LogP contribution in [0.15, 0.2) is 41.8 Å². The minimum Gasteiger partial charge on any atom is -0.338 e. The van der Waals surface area contributed by atoms with E-state index in [1.165, 1.54) is 23.3 Å². The zero-order valence-corrected chi connectivity index (χ0v) is 14.0. The van der Waals surface area contributed by atoms with Gasteiger partial charge in [-0.2, -0.15) is 0 Å². The van der Waals surface area contributed by atoms with Crippen molar-refractivity contribution in [3.8, 4) is 10.4 Å². The third-order valence-electron chi connectivity index (χ3n) is 5.12. The van der Waals surface area contributed by atoms with Gasteiger partial charge in [-0.15, -0.1) is 11.3 Å². The summed E-state index contributed by atoms with van der Waals surface area (Å²) in [7, 11) is 0. The molecule has 1 N–H and O–H groups in total. The van der Waals surface area contributed by atoms with Crippen molar-refractivity contribution in [3.05, 3.63) is 47.3 Å². The standard InChI is InChI=1S/C19H22N2OS/c22-19(21-11-9-17-16(13-21)3-1-10-20-17)15-7-5-14(6-8-15)18-4-2-12-23-18/h2,4-8,12,16-17,20H,1,3,9-11,13H2/t16-,17+/m1/s1. The summed E-state index contributed by atoms with van der Waals surface area (Å²) in [6.45, 7) is 2.92. The Kier molecular flexibility index (Phi) is 4.19. The molecule has 3 heterocycles. The molecule has 2 aliphatic heterocycles. The Hall–Kier alpha value is -1.65. The number of fused-ring (bicyclic) bond motifs is 1. The number of piperidine rings is 2. The molecule has 2 atom stereocenters. The van der Waals surface area contributed by atoms with Crippen LogP contribution in [-0.2, 0) is 0 Å². The molecule has 2 saturated heterocycles. The summed E-state index contributed by atoms with van der Waals surface area (Å²) >= 11 is 1.73. The van der Waals surface area contributed by atoms with E-state index in [-0.39, 0.29) is 5.91 Å². The number of amides is 1. The third kappa shape index (κ3) is 3.06. The summed E-state index contributed by atoms with van der Waals surface area (Å²) in [6.07, 6.45) is 3.57. The fourth-order valence-corrected chi connectivity index (χ4v) is 4.57. The number of rotatable bonds is 2. The van der Waals surface area contributed by atoms with E-state index in [2.05, 4.69) is 35.0 Å². The number of hydrogen-bond donors (Lipinski definition) is 1. The van der Waals surface area contributed by atoms with Gasteiger partial charge in [0, 0.05) is 29.6 Å². The molecule has 0 unspecified atom stereocenters. The second-order valence-corrected chi connectivity index (χ2v) is 7.51. The van der Waals surface area contributed by atoms with Crippen LogP contribution in [0.25, 0.3) is 10.4 Å². The van der Waals surface area contributed by atoms with Crippen LogP contribution in [-0.4, -0.2) is 36.5 Å². The smallest absolute Gasteiger partial charge is 0.253 e. The summed E-state index contributed by atoms with van der Waals surface area (Å²) < 4.78 is 0. The molecule has 1 aromatic carbocycles. The maximum atomic E-state index is 12.8. The first-order valence-electron chi connectivity index (χ1n) is 8.48. The monoisotopic (exact) mass is 326 g/mol. The molecular weight excluding hydrogens is 304 g/mol. The van der Waals surface area contributed by atoms with Crippen LogP contribution in [0.1, 0.15) is 29.6 Å². The van der Waals surface area contributed by atoms with Crippen LogP contribution >= 0.6 is 11.3 Å². The molecule has 4 heteroatoms. The number of thiophene rings is 1. The predicted molar refractivity (Wildman–Crippen MR) is 94.8 cm³/mol. The minimum atomic E-state index is 0.187. The normalized spacial score (nSPS) is 24.3. The second kappa shape index (κ2) is 6.46. The molecule has 4 rings (SSSR count). The Labute approximate surface area is 141 Å². The lowest BCUT2D eigenvalue weighted by atomic mass is 9.85. The van der Waals surface area contributed by atoms with Gasteiger partial charge in [0.25, 0.3) is 5.91 Å². The van der Waals surface area contributed by atoms with E-state index in [1.807, 2.05) is 17.0 Å². The quantitative estimate of drug-likeness (QED) is 0.914. The molecule has 0 saturated carbocycles. The van der Waals surface area contributed by atoms with Crippen molar-refractivity contribution >= 4 is 17.2 Å². The van der Waals surface area contributed by atoms with Crippen LogP contribution in [0.5, 0.6) is 0 Å². The molecule has 3 nitrogen and oxygen atoms in total. The van der Waals surface area contributed by atoms with Gasteiger partial charge in [0.1, 0.15) is 0 Å². The summed E-state index contributed by atoms with van der Waals surface area (Å²) in [5, 5.41) is 5.69. The highest BCUT2D eigenvalue weighted by Crippen LogP contribution is 2.27. The number of likely N-dealkylation sites (tertiary alicyclic amines) is 1. The Morgan fingerprint density at radius 1 is 1.17 bits per heavy atom. The number of carbonyl (C=O) groups is 1. The highest BCUT2D eigenvalue weighted by Gasteiger charge is 2.33. The SMILES string of the molecule is O=C(c1ccc(-c2cccs2)cc1)N1CC[C@@H]2NCCC[C@@H]2C1. The molecule has 2 aromatic rings. The Balaban J connectivity index is 1.46. The van der Waals surface area contributed by atoms with E-state index in [0.29, 0.717) is 12.0 Å². The average Bonchev–Trinajstić information content (AvgIpc) is 3.15. The number of benzene rings is 1. The fourth-order valence-electron chi connectivity index (χ4n) is 3.83. The van der Waals surface area contributed by atoms with Crippen LogP contribution in [0, 0.1) is 5.92 Å². The number of carbonyl (C=O) groups excluding carboxylic acids is 1. The molecule has 0 radical (unpaired) electrons. The minimum absolute atomic E-state index is 0.187. The molecule has 2 fully saturated rings. The average molecular weight is 326 g/mol. The molecule has 2 aliphatic rings. The molecule has 23 heavy (non-hydrogen) atoms. The first-order chi connectivity index (χ1) is 11.3. The molecule has 120 valence electrons. The van der Waals surface area contributed by atoms with Gasteiger partial charge < -0.3 is 10.2 Å². The third-order valence-corrected chi connectivity index (χ3v) is 6.04. The van der Waals surface area contributed by atoms with Crippen LogP contribution in [0.4, 0.5) is 0 Å². The van der Waals surface area contributed by atoms with Gasteiger partial charge >= 0.3 is 0 Å². The van der Waals surface area contributed by atoms with E-state index >= 15 is 0 Å².